The molecule has 1 unspecified atom stereocenters. The fourth-order valence-corrected chi connectivity index (χ4v) is 2.32. The third-order valence-electron chi connectivity index (χ3n) is 2.50. The molecule has 1 aromatic carbocycles. The second kappa shape index (κ2) is 3.51. The average molecular weight is 285 g/mol. The topological polar surface area (TPSA) is 55.1 Å². The highest BCUT2D eigenvalue weighted by Gasteiger charge is 2.63. The lowest BCUT2D eigenvalue weighted by Gasteiger charge is -2.25. The van der Waals surface area contributed by atoms with Crippen molar-refractivity contribution in [3.05, 3.63) is 27.7 Å². The first kappa shape index (κ1) is 12.5. The van der Waals surface area contributed by atoms with Crippen molar-refractivity contribution in [2.24, 2.45) is 5.73 Å². The van der Waals surface area contributed by atoms with E-state index in [0.29, 0.717) is 0 Å². The number of hydrogen-bond donors (Lipinski definition) is 2. The smallest absolute Gasteiger partial charge is 0.323 e. The maximum Gasteiger partial charge on any atom is 0.419 e. The van der Waals surface area contributed by atoms with E-state index >= 15 is 0 Å². The van der Waals surface area contributed by atoms with Gasteiger partial charge in [-0.3, -0.25) is 4.79 Å². The Kier molecular flexibility index (Phi) is 2.57. The highest BCUT2D eigenvalue weighted by molar-refractivity contribution is 6.36. The number of alkyl halides is 3. The van der Waals surface area contributed by atoms with Gasteiger partial charge in [-0.2, -0.15) is 13.2 Å². The molecule has 0 aliphatic carbocycles. The highest BCUT2D eigenvalue weighted by atomic mass is 35.5. The monoisotopic (exact) mass is 284 g/mol. The van der Waals surface area contributed by atoms with Gasteiger partial charge < -0.3 is 11.1 Å². The average Bonchev–Trinajstić information content (AvgIpc) is 2.38. The second-order valence-electron chi connectivity index (χ2n) is 3.57. The number of nitrogens with two attached hydrogens (primary N) is 1. The van der Waals surface area contributed by atoms with Gasteiger partial charge in [0.05, 0.1) is 5.02 Å². The summed E-state index contributed by atoms with van der Waals surface area (Å²) in [6, 6.07) is 2.27. The molecule has 3 nitrogen and oxygen atoms in total. The summed E-state index contributed by atoms with van der Waals surface area (Å²) in [7, 11) is 0. The summed E-state index contributed by atoms with van der Waals surface area (Å²) in [4.78, 5) is 11.4. The van der Waals surface area contributed by atoms with Crippen molar-refractivity contribution >= 4 is 34.8 Å². The molecule has 1 amide bonds. The number of rotatable bonds is 0. The molecule has 1 aliphatic rings. The zero-order valence-corrected chi connectivity index (χ0v) is 9.54. The van der Waals surface area contributed by atoms with Crippen LogP contribution in [0.15, 0.2) is 12.1 Å². The van der Waals surface area contributed by atoms with Crippen LogP contribution < -0.4 is 11.1 Å². The van der Waals surface area contributed by atoms with Crippen LogP contribution >= 0.6 is 23.2 Å². The minimum absolute atomic E-state index is 0.112. The quantitative estimate of drug-likeness (QED) is 0.770. The number of nitrogens with one attached hydrogen (secondary N) is 1. The first-order valence-electron chi connectivity index (χ1n) is 4.34. The lowest BCUT2D eigenvalue weighted by Crippen LogP contribution is -2.55. The van der Waals surface area contributed by atoms with Crippen LogP contribution in [-0.2, 0) is 10.3 Å². The Morgan fingerprint density at radius 1 is 1.29 bits per heavy atom. The molecule has 0 saturated carbocycles. The van der Waals surface area contributed by atoms with Gasteiger partial charge in [0.15, 0.2) is 0 Å². The van der Waals surface area contributed by atoms with Gasteiger partial charge >= 0.3 is 6.18 Å². The van der Waals surface area contributed by atoms with Crippen LogP contribution in [-0.4, -0.2) is 12.1 Å². The van der Waals surface area contributed by atoms with Crippen LogP contribution in [0.3, 0.4) is 0 Å². The number of anilines is 1. The molecule has 1 aromatic rings. The largest absolute Gasteiger partial charge is 0.419 e. The molecule has 1 heterocycles. The molecule has 0 bridgehead atoms. The Morgan fingerprint density at radius 2 is 1.88 bits per heavy atom. The fraction of sp³-hybridized carbons (Fsp3) is 0.222. The summed E-state index contributed by atoms with van der Waals surface area (Å²) in [5.74, 6) is -1.37. The first-order valence-corrected chi connectivity index (χ1v) is 5.10. The van der Waals surface area contributed by atoms with Crippen molar-refractivity contribution in [2.75, 3.05) is 5.32 Å². The third-order valence-corrected chi connectivity index (χ3v) is 3.02. The molecule has 0 fully saturated rings. The van der Waals surface area contributed by atoms with E-state index < -0.39 is 23.2 Å². The molecule has 8 heteroatoms. The van der Waals surface area contributed by atoms with Gasteiger partial charge in [-0.05, 0) is 12.1 Å². The van der Waals surface area contributed by atoms with E-state index in [0.717, 1.165) is 6.07 Å². The standard InChI is InChI=1S/C9H5Cl2F3N2O/c10-3-1-4(11)6-5(2-3)16-7(17)8(6,15)9(12,13)14/h1-2H,15H2,(H,16,17). The van der Waals surface area contributed by atoms with Crippen LogP contribution in [0.4, 0.5) is 18.9 Å². The zero-order valence-electron chi connectivity index (χ0n) is 8.03. The van der Waals surface area contributed by atoms with E-state index in [1.807, 2.05) is 5.32 Å². The number of benzene rings is 1. The molecule has 92 valence electrons. The lowest BCUT2D eigenvalue weighted by atomic mass is 9.92. The summed E-state index contributed by atoms with van der Waals surface area (Å²) in [6.45, 7) is 0. The van der Waals surface area contributed by atoms with Gasteiger partial charge in [0.2, 0.25) is 5.54 Å². The number of amides is 1. The summed E-state index contributed by atoms with van der Waals surface area (Å²) in [6.07, 6.45) is -4.94. The normalized spacial score (nSPS) is 23.5. The van der Waals surface area contributed by atoms with Crippen molar-refractivity contribution in [2.45, 2.75) is 11.7 Å². The molecule has 3 N–H and O–H groups in total. The maximum atomic E-state index is 12.9. The van der Waals surface area contributed by atoms with E-state index in [9.17, 15) is 18.0 Å². The van der Waals surface area contributed by atoms with Crippen molar-refractivity contribution in [1.29, 1.82) is 0 Å². The Bertz CT molecular complexity index is 518. The summed E-state index contributed by atoms with van der Waals surface area (Å²) in [5.41, 5.74) is 1.43. The highest BCUT2D eigenvalue weighted by Crippen LogP contribution is 2.48. The molecule has 0 radical (unpaired) electrons. The first-order chi connectivity index (χ1) is 7.68. The Hall–Kier alpha value is -0.980. The SMILES string of the molecule is NC1(C(F)(F)F)C(=O)Nc2cc(Cl)cc(Cl)c21. The Morgan fingerprint density at radius 3 is 2.41 bits per heavy atom. The van der Waals surface area contributed by atoms with E-state index in [-0.39, 0.29) is 15.7 Å². The van der Waals surface area contributed by atoms with Crippen molar-refractivity contribution in [3.63, 3.8) is 0 Å². The summed E-state index contributed by atoms with van der Waals surface area (Å²) in [5, 5.41) is 1.83. The van der Waals surface area contributed by atoms with Crippen molar-refractivity contribution in [1.82, 2.24) is 0 Å². The second-order valence-corrected chi connectivity index (χ2v) is 4.41. The van der Waals surface area contributed by atoms with Crippen LogP contribution in [0.2, 0.25) is 10.0 Å². The predicted octanol–water partition coefficient (Wildman–Crippen LogP) is 2.66. The minimum Gasteiger partial charge on any atom is -0.323 e. The molecule has 1 atom stereocenters. The van der Waals surface area contributed by atoms with Crippen molar-refractivity contribution in [3.8, 4) is 0 Å². The molecule has 0 aromatic heterocycles. The molecule has 0 spiro atoms. The molecule has 17 heavy (non-hydrogen) atoms. The van der Waals surface area contributed by atoms with Gasteiger partial charge in [-0.25, -0.2) is 0 Å². The van der Waals surface area contributed by atoms with Crippen LogP contribution in [0.25, 0.3) is 0 Å². The number of carbonyl (C=O) groups excluding carboxylic acids is 1. The molecular weight excluding hydrogens is 280 g/mol. The molecule has 0 saturated heterocycles. The number of hydrogen-bond acceptors (Lipinski definition) is 2. The zero-order chi connectivity index (χ0) is 13.0. The van der Waals surface area contributed by atoms with E-state index in [1.165, 1.54) is 6.07 Å². The van der Waals surface area contributed by atoms with E-state index in [2.05, 4.69) is 0 Å². The van der Waals surface area contributed by atoms with Crippen LogP contribution in [0, 0.1) is 0 Å². The summed E-state index contributed by atoms with van der Waals surface area (Å²) < 4.78 is 38.6. The number of carbonyl (C=O) groups is 1. The van der Waals surface area contributed by atoms with Gasteiger partial charge in [0.1, 0.15) is 0 Å². The van der Waals surface area contributed by atoms with Gasteiger partial charge in [0, 0.05) is 16.3 Å². The van der Waals surface area contributed by atoms with Gasteiger partial charge in [-0.15, -0.1) is 0 Å². The predicted molar refractivity (Wildman–Crippen MR) is 57.0 cm³/mol. The van der Waals surface area contributed by atoms with Gasteiger partial charge in [0.25, 0.3) is 5.91 Å². The maximum absolute atomic E-state index is 12.9. The van der Waals surface area contributed by atoms with E-state index in [1.54, 1.807) is 0 Å². The fourth-order valence-electron chi connectivity index (χ4n) is 1.68. The van der Waals surface area contributed by atoms with E-state index in [4.69, 9.17) is 28.9 Å². The van der Waals surface area contributed by atoms with Crippen molar-refractivity contribution < 1.29 is 18.0 Å². The minimum atomic E-state index is -4.94. The van der Waals surface area contributed by atoms with Gasteiger partial charge in [-0.1, -0.05) is 23.2 Å². The Labute approximate surface area is 104 Å². The lowest BCUT2D eigenvalue weighted by molar-refractivity contribution is -0.189. The number of fused-ring (bicyclic) bond motifs is 1. The third kappa shape index (κ3) is 1.59. The Balaban J connectivity index is 2.75. The molecule has 1 aliphatic heterocycles. The summed E-state index contributed by atoms with van der Waals surface area (Å²) >= 11 is 11.3. The van der Waals surface area contributed by atoms with Crippen LogP contribution in [0.5, 0.6) is 0 Å². The molecule has 2 rings (SSSR count). The number of halogens is 5. The van der Waals surface area contributed by atoms with Crippen LogP contribution in [0.1, 0.15) is 5.56 Å². The molecular formula is C9H5Cl2F3N2O.